The highest BCUT2D eigenvalue weighted by molar-refractivity contribution is 9.09. The van der Waals surface area contributed by atoms with Crippen molar-refractivity contribution in [1.82, 2.24) is 0 Å². The average Bonchev–Trinajstić information content (AvgIpc) is 2.27. The summed E-state index contributed by atoms with van der Waals surface area (Å²) in [6.07, 6.45) is 1.17. The number of hydrogen-bond acceptors (Lipinski definition) is 0. The second-order valence-electron chi connectivity index (χ2n) is 6.48. The van der Waals surface area contributed by atoms with Gasteiger partial charge >= 0.3 is 0 Å². The Morgan fingerprint density at radius 1 is 1.06 bits per heavy atom. The zero-order valence-corrected chi connectivity index (χ0v) is 14.3. The van der Waals surface area contributed by atoms with E-state index in [0.717, 1.165) is 5.33 Å². The van der Waals surface area contributed by atoms with Crippen molar-refractivity contribution >= 4 is 15.9 Å². The molecule has 102 valence electrons. The van der Waals surface area contributed by atoms with Crippen LogP contribution in [0, 0.1) is 0 Å². The van der Waals surface area contributed by atoms with E-state index < -0.39 is 0 Å². The predicted molar refractivity (Wildman–Crippen MR) is 86.1 cm³/mol. The summed E-state index contributed by atoms with van der Waals surface area (Å²) in [6.45, 7) is 13.8. The van der Waals surface area contributed by atoms with E-state index in [9.17, 15) is 0 Å². The first-order valence-electron chi connectivity index (χ1n) is 7.00. The van der Waals surface area contributed by atoms with Gasteiger partial charge < -0.3 is 0 Å². The molecule has 18 heavy (non-hydrogen) atoms. The highest BCUT2D eigenvalue weighted by Crippen LogP contribution is 2.35. The SMILES string of the molecule is CC(C)c1ccc(C(C)(C)CCBr)c(C(C)C)c1. The summed E-state index contributed by atoms with van der Waals surface area (Å²) in [5, 5.41) is 1.06. The Morgan fingerprint density at radius 2 is 1.67 bits per heavy atom. The molecule has 0 aliphatic carbocycles. The van der Waals surface area contributed by atoms with Gasteiger partial charge in [-0.15, -0.1) is 0 Å². The molecule has 0 bridgehead atoms. The van der Waals surface area contributed by atoms with Crippen LogP contribution in [0.2, 0.25) is 0 Å². The zero-order chi connectivity index (χ0) is 13.9. The molecule has 0 saturated heterocycles. The van der Waals surface area contributed by atoms with Crippen LogP contribution in [-0.2, 0) is 5.41 Å². The lowest BCUT2D eigenvalue weighted by atomic mass is 9.76. The largest absolute Gasteiger partial charge is 0.0928 e. The van der Waals surface area contributed by atoms with Crippen molar-refractivity contribution in [1.29, 1.82) is 0 Å². The molecule has 1 aromatic carbocycles. The predicted octanol–water partition coefficient (Wildman–Crippen LogP) is 6.00. The summed E-state index contributed by atoms with van der Waals surface area (Å²) in [4.78, 5) is 0. The summed E-state index contributed by atoms with van der Waals surface area (Å²) in [7, 11) is 0. The van der Waals surface area contributed by atoms with E-state index in [0.29, 0.717) is 11.8 Å². The normalized spacial score (nSPS) is 12.5. The van der Waals surface area contributed by atoms with Gasteiger partial charge in [0, 0.05) is 5.33 Å². The fourth-order valence-corrected chi connectivity index (χ4v) is 3.40. The van der Waals surface area contributed by atoms with Crippen LogP contribution >= 0.6 is 15.9 Å². The molecule has 0 aliphatic heterocycles. The molecule has 0 nitrogen and oxygen atoms in total. The lowest BCUT2D eigenvalue weighted by Gasteiger charge is -2.29. The summed E-state index contributed by atoms with van der Waals surface area (Å²) in [5.41, 5.74) is 4.74. The first kappa shape index (κ1) is 15.8. The summed E-state index contributed by atoms with van der Waals surface area (Å²) < 4.78 is 0. The van der Waals surface area contributed by atoms with Crippen molar-refractivity contribution in [2.45, 2.75) is 65.2 Å². The summed E-state index contributed by atoms with van der Waals surface area (Å²) >= 11 is 3.58. The summed E-state index contributed by atoms with van der Waals surface area (Å²) in [5.74, 6) is 1.20. The molecule has 0 aromatic heterocycles. The molecule has 1 aromatic rings. The molecular formula is C17H27Br. The summed E-state index contributed by atoms with van der Waals surface area (Å²) in [6, 6.07) is 7.08. The van der Waals surface area contributed by atoms with Gasteiger partial charge in [0.1, 0.15) is 0 Å². The number of alkyl halides is 1. The van der Waals surface area contributed by atoms with Gasteiger partial charge in [0.15, 0.2) is 0 Å². The van der Waals surface area contributed by atoms with E-state index in [2.05, 4.69) is 75.7 Å². The second-order valence-corrected chi connectivity index (χ2v) is 7.27. The van der Waals surface area contributed by atoms with Crippen molar-refractivity contribution < 1.29 is 0 Å². The standard InChI is InChI=1S/C17H27Br/c1-12(2)14-7-8-16(15(11-14)13(3)4)17(5,6)9-10-18/h7-8,11-13H,9-10H2,1-6H3. The maximum absolute atomic E-state index is 3.58. The van der Waals surface area contributed by atoms with Crippen LogP contribution in [0.3, 0.4) is 0 Å². The van der Waals surface area contributed by atoms with Gasteiger partial charge in [-0.25, -0.2) is 0 Å². The Morgan fingerprint density at radius 3 is 2.11 bits per heavy atom. The molecule has 0 radical (unpaired) electrons. The van der Waals surface area contributed by atoms with Gasteiger partial charge in [-0.1, -0.05) is 75.7 Å². The molecule has 0 heterocycles. The maximum atomic E-state index is 3.58. The molecule has 1 rings (SSSR count). The minimum absolute atomic E-state index is 0.249. The number of hydrogen-bond donors (Lipinski definition) is 0. The third-order valence-electron chi connectivity index (χ3n) is 3.81. The van der Waals surface area contributed by atoms with Gasteiger partial charge in [0.05, 0.1) is 0 Å². The minimum atomic E-state index is 0.249. The van der Waals surface area contributed by atoms with E-state index in [4.69, 9.17) is 0 Å². The Bertz CT molecular complexity index is 389. The molecule has 0 unspecified atom stereocenters. The monoisotopic (exact) mass is 310 g/mol. The Balaban J connectivity index is 3.27. The van der Waals surface area contributed by atoms with E-state index in [1.165, 1.54) is 23.1 Å². The number of rotatable bonds is 5. The number of halogens is 1. The van der Waals surface area contributed by atoms with Crippen LogP contribution < -0.4 is 0 Å². The van der Waals surface area contributed by atoms with Crippen LogP contribution in [0.4, 0.5) is 0 Å². The fraction of sp³-hybridized carbons (Fsp3) is 0.647. The third kappa shape index (κ3) is 3.60. The van der Waals surface area contributed by atoms with Gasteiger partial charge in [-0.3, -0.25) is 0 Å². The molecule has 0 amide bonds. The van der Waals surface area contributed by atoms with Crippen molar-refractivity contribution in [2.24, 2.45) is 0 Å². The van der Waals surface area contributed by atoms with Crippen LogP contribution in [0.15, 0.2) is 18.2 Å². The first-order valence-corrected chi connectivity index (χ1v) is 8.12. The topological polar surface area (TPSA) is 0 Å². The maximum Gasteiger partial charge on any atom is 0.00395 e. The van der Waals surface area contributed by atoms with Crippen LogP contribution in [0.5, 0.6) is 0 Å². The lowest BCUT2D eigenvalue weighted by Crippen LogP contribution is -2.20. The van der Waals surface area contributed by atoms with Crippen LogP contribution in [-0.4, -0.2) is 5.33 Å². The van der Waals surface area contributed by atoms with E-state index >= 15 is 0 Å². The Labute approximate surface area is 121 Å². The quantitative estimate of drug-likeness (QED) is 0.585. The highest BCUT2D eigenvalue weighted by atomic mass is 79.9. The molecule has 1 heteroatoms. The Kier molecular flexibility index (Phi) is 5.46. The van der Waals surface area contributed by atoms with Gasteiger partial charge in [0.2, 0.25) is 0 Å². The van der Waals surface area contributed by atoms with E-state index in [1.54, 1.807) is 0 Å². The fourth-order valence-electron chi connectivity index (χ4n) is 2.41. The van der Waals surface area contributed by atoms with Crippen molar-refractivity contribution in [3.05, 3.63) is 34.9 Å². The molecule has 0 spiro atoms. The minimum Gasteiger partial charge on any atom is -0.0928 e. The zero-order valence-electron chi connectivity index (χ0n) is 12.7. The lowest BCUT2D eigenvalue weighted by molar-refractivity contribution is 0.503. The van der Waals surface area contributed by atoms with Gasteiger partial charge in [-0.05, 0) is 40.4 Å². The second kappa shape index (κ2) is 6.23. The Hall–Kier alpha value is -0.300. The molecule has 0 N–H and O–H groups in total. The van der Waals surface area contributed by atoms with Crippen LogP contribution in [0.1, 0.15) is 76.5 Å². The van der Waals surface area contributed by atoms with Crippen molar-refractivity contribution in [2.75, 3.05) is 5.33 Å². The number of benzene rings is 1. The van der Waals surface area contributed by atoms with Crippen LogP contribution in [0.25, 0.3) is 0 Å². The third-order valence-corrected chi connectivity index (χ3v) is 4.21. The molecule has 0 atom stereocenters. The highest BCUT2D eigenvalue weighted by Gasteiger charge is 2.24. The van der Waals surface area contributed by atoms with Gasteiger partial charge in [-0.2, -0.15) is 0 Å². The van der Waals surface area contributed by atoms with Gasteiger partial charge in [0.25, 0.3) is 0 Å². The first-order chi connectivity index (χ1) is 8.29. The van der Waals surface area contributed by atoms with E-state index in [-0.39, 0.29) is 5.41 Å². The smallest absolute Gasteiger partial charge is 0.00395 e. The van der Waals surface area contributed by atoms with Crippen molar-refractivity contribution in [3.8, 4) is 0 Å². The average molecular weight is 311 g/mol. The van der Waals surface area contributed by atoms with E-state index in [1.807, 2.05) is 0 Å². The van der Waals surface area contributed by atoms with Crippen molar-refractivity contribution in [3.63, 3.8) is 0 Å². The molecule has 0 aliphatic rings. The molecule has 0 fully saturated rings. The molecule has 0 saturated carbocycles. The molecular weight excluding hydrogens is 284 g/mol.